The third kappa shape index (κ3) is 3.91. The number of nitrogens with zero attached hydrogens (tertiary/aromatic N) is 1. The number of hydrogen-bond donors (Lipinski definition) is 1. The number of hydrogen-bond acceptors (Lipinski definition) is 4. The highest BCUT2D eigenvalue weighted by atomic mass is 35.5. The molecular formula is C12H17ClN2O3S. The van der Waals surface area contributed by atoms with Gasteiger partial charge in [0.2, 0.25) is 15.7 Å². The van der Waals surface area contributed by atoms with Crippen LogP contribution in [0.2, 0.25) is 5.02 Å². The van der Waals surface area contributed by atoms with E-state index in [1.807, 2.05) is 0 Å². The molecule has 0 radical (unpaired) electrons. The summed E-state index contributed by atoms with van der Waals surface area (Å²) >= 11 is 5.82. The van der Waals surface area contributed by atoms with E-state index in [1.54, 1.807) is 20.8 Å². The molecule has 0 saturated heterocycles. The molecule has 1 rings (SSSR count). The zero-order valence-electron chi connectivity index (χ0n) is 11.3. The van der Waals surface area contributed by atoms with Crippen molar-refractivity contribution in [3.05, 3.63) is 23.4 Å². The molecule has 0 aliphatic rings. The second-order valence-corrected chi connectivity index (χ2v) is 7.81. The molecule has 1 aromatic rings. The molecule has 0 fully saturated rings. The van der Waals surface area contributed by atoms with E-state index in [9.17, 15) is 13.2 Å². The van der Waals surface area contributed by atoms with Gasteiger partial charge in [0.25, 0.3) is 0 Å². The molecule has 0 bridgehead atoms. The molecule has 19 heavy (non-hydrogen) atoms. The van der Waals surface area contributed by atoms with Crippen LogP contribution in [0, 0.1) is 0 Å². The molecule has 5 nitrogen and oxygen atoms in total. The first-order valence-corrected chi connectivity index (χ1v) is 7.64. The van der Waals surface area contributed by atoms with Crippen LogP contribution < -0.4 is 5.32 Å². The van der Waals surface area contributed by atoms with E-state index in [0.29, 0.717) is 0 Å². The second-order valence-electron chi connectivity index (χ2n) is 5.22. The maximum Gasteiger partial charge on any atom is 0.238 e. The quantitative estimate of drug-likeness (QED) is 0.924. The summed E-state index contributed by atoms with van der Waals surface area (Å²) < 4.78 is 24.5. The fraction of sp³-hybridized carbons (Fsp3) is 0.500. The lowest BCUT2D eigenvalue weighted by atomic mass is 10.1. The Hall–Kier alpha value is -1.14. The van der Waals surface area contributed by atoms with Crippen molar-refractivity contribution in [1.82, 2.24) is 10.3 Å². The minimum absolute atomic E-state index is 0.0120. The maximum atomic E-state index is 12.3. The van der Waals surface area contributed by atoms with Crippen molar-refractivity contribution >= 4 is 27.3 Å². The number of pyridine rings is 1. The van der Waals surface area contributed by atoms with Gasteiger partial charge in [-0.05, 0) is 39.8 Å². The number of carbonyl (C=O) groups excluding carboxylic acids is 1. The summed E-state index contributed by atoms with van der Waals surface area (Å²) in [6.45, 7) is 6.65. The molecule has 1 amide bonds. The van der Waals surface area contributed by atoms with Gasteiger partial charge in [0.1, 0.15) is 5.25 Å². The van der Waals surface area contributed by atoms with Crippen LogP contribution in [0.15, 0.2) is 23.4 Å². The summed E-state index contributed by atoms with van der Waals surface area (Å²) in [5, 5.41) is 1.12. The molecule has 0 aromatic carbocycles. The number of aromatic nitrogens is 1. The molecule has 7 heteroatoms. The normalized spacial score (nSPS) is 13.9. The van der Waals surface area contributed by atoms with E-state index in [2.05, 4.69) is 10.3 Å². The van der Waals surface area contributed by atoms with Crippen LogP contribution in [0.4, 0.5) is 0 Å². The van der Waals surface area contributed by atoms with Gasteiger partial charge in [-0.1, -0.05) is 11.6 Å². The number of rotatable bonds is 3. The van der Waals surface area contributed by atoms with E-state index in [1.165, 1.54) is 25.3 Å². The van der Waals surface area contributed by atoms with Crippen LogP contribution >= 0.6 is 11.6 Å². The first kappa shape index (κ1) is 15.9. The Kier molecular flexibility index (Phi) is 4.58. The lowest BCUT2D eigenvalue weighted by molar-refractivity contribution is -0.121. The minimum atomic E-state index is -3.90. The van der Waals surface area contributed by atoms with Gasteiger partial charge < -0.3 is 5.32 Å². The van der Waals surface area contributed by atoms with Crippen LogP contribution in [0.1, 0.15) is 27.7 Å². The molecule has 0 spiro atoms. The predicted octanol–water partition coefficient (Wildman–Crippen LogP) is 1.81. The average molecular weight is 305 g/mol. The first-order chi connectivity index (χ1) is 8.55. The number of sulfone groups is 1. The Morgan fingerprint density at radius 1 is 1.42 bits per heavy atom. The van der Waals surface area contributed by atoms with Gasteiger partial charge in [-0.25, -0.2) is 13.4 Å². The molecule has 1 aromatic heterocycles. The monoisotopic (exact) mass is 304 g/mol. The largest absolute Gasteiger partial charge is 0.350 e. The fourth-order valence-corrected chi connectivity index (χ4v) is 3.03. The summed E-state index contributed by atoms with van der Waals surface area (Å²) in [6.07, 6.45) is 1.33. The molecule has 106 valence electrons. The minimum Gasteiger partial charge on any atom is -0.350 e. The topological polar surface area (TPSA) is 76.1 Å². The Balaban J connectivity index is 3.08. The highest BCUT2D eigenvalue weighted by molar-refractivity contribution is 7.92. The third-order valence-electron chi connectivity index (χ3n) is 2.33. The first-order valence-electron chi connectivity index (χ1n) is 5.72. The number of amides is 1. The Labute approximate surface area is 118 Å². The van der Waals surface area contributed by atoms with Crippen molar-refractivity contribution < 1.29 is 13.2 Å². The molecule has 0 aliphatic heterocycles. The lowest BCUT2D eigenvalue weighted by Gasteiger charge is -2.23. The zero-order valence-corrected chi connectivity index (χ0v) is 12.8. The van der Waals surface area contributed by atoms with Crippen molar-refractivity contribution in [3.63, 3.8) is 0 Å². The predicted molar refractivity (Wildman–Crippen MR) is 73.8 cm³/mol. The zero-order chi connectivity index (χ0) is 14.8. The average Bonchev–Trinajstić information content (AvgIpc) is 2.26. The van der Waals surface area contributed by atoms with Gasteiger partial charge in [-0.15, -0.1) is 0 Å². The summed E-state index contributed by atoms with van der Waals surface area (Å²) in [5.41, 5.74) is -0.505. The van der Waals surface area contributed by atoms with E-state index in [-0.39, 0.29) is 10.0 Å². The number of nitrogens with one attached hydrogen (secondary N) is 1. The lowest BCUT2D eigenvalue weighted by Crippen LogP contribution is -2.47. The van der Waals surface area contributed by atoms with Gasteiger partial charge in [-0.2, -0.15) is 0 Å². The maximum absolute atomic E-state index is 12.3. The molecule has 0 saturated carbocycles. The fourth-order valence-electron chi connectivity index (χ4n) is 1.36. The summed E-state index contributed by atoms with van der Waals surface area (Å²) in [4.78, 5) is 15.7. The molecule has 1 unspecified atom stereocenters. The second kappa shape index (κ2) is 5.46. The van der Waals surface area contributed by atoms with Crippen LogP contribution in [-0.2, 0) is 14.6 Å². The van der Waals surface area contributed by atoms with Gasteiger partial charge in [0, 0.05) is 11.7 Å². The van der Waals surface area contributed by atoms with Crippen LogP contribution in [0.5, 0.6) is 0 Å². The molecular weight excluding hydrogens is 288 g/mol. The molecule has 1 N–H and O–H groups in total. The van der Waals surface area contributed by atoms with E-state index in [0.717, 1.165) is 0 Å². The number of halogens is 1. The molecule has 1 heterocycles. The van der Waals surface area contributed by atoms with Crippen LogP contribution in [-0.4, -0.2) is 30.1 Å². The summed E-state index contributed by atoms with van der Waals surface area (Å²) in [7, 11) is -3.90. The standard InChI is InChI=1S/C12H17ClN2O3S/c1-8(10(16)15-12(2,3)4)19(17,18)11-9(13)6-5-7-14-11/h5-8H,1-4H3,(H,15,16). The van der Waals surface area contributed by atoms with Crippen molar-refractivity contribution in [1.29, 1.82) is 0 Å². The van der Waals surface area contributed by atoms with Gasteiger partial charge in [0.05, 0.1) is 5.02 Å². The molecule has 0 aliphatic carbocycles. The summed E-state index contributed by atoms with van der Waals surface area (Å²) in [6, 6.07) is 2.96. The summed E-state index contributed by atoms with van der Waals surface area (Å²) in [5.74, 6) is -0.575. The smallest absolute Gasteiger partial charge is 0.238 e. The van der Waals surface area contributed by atoms with E-state index < -0.39 is 26.5 Å². The van der Waals surface area contributed by atoms with E-state index in [4.69, 9.17) is 11.6 Å². The highest BCUT2D eigenvalue weighted by Crippen LogP contribution is 2.22. The van der Waals surface area contributed by atoms with Gasteiger partial charge >= 0.3 is 0 Å². The Morgan fingerprint density at radius 3 is 2.47 bits per heavy atom. The Morgan fingerprint density at radius 2 is 2.00 bits per heavy atom. The van der Waals surface area contributed by atoms with Crippen molar-refractivity contribution in [2.24, 2.45) is 0 Å². The van der Waals surface area contributed by atoms with Crippen LogP contribution in [0.3, 0.4) is 0 Å². The van der Waals surface area contributed by atoms with Crippen LogP contribution in [0.25, 0.3) is 0 Å². The van der Waals surface area contributed by atoms with Crippen molar-refractivity contribution in [3.8, 4) is 0 Å². The number of carbonyl (C=O) groups is 1. The highest BCUT2D eigenvalue weighted by Gasteiger charge is 2.33. The SMILES string of the molecule is CC(C(=O)NC(C)(C)C)S(=O)(=O)c1ncccc1Cl. The van der Waals surface area contributed by atoms with Crippen molar-refractivity contribution in [2.75, 3.05) is 0 Å². The third-order valence-corrected chi connectivity index (χ3v) is 4.75. The van der Waals surface area contributed by atoms with Gasteiger partial charge in [-0.3, -0.25) is 4.79 Å². The molecule has 1 atom stereocenters. The van der Waals surface area contributed by atoms with Gasteiger partial charge in [0.15, 0.2) is 5.03 Å². The van der Waals surface area contributed by atoms with E-state index >= 15 is 0 Å². The Bertz CT molecular complexity index is 579. The van der Waals surface area contributed by atoms with Crippen molar-refractivity contribution in [2.45, 2.75) is 43.5 Å².